The van der Waals surface area contributed by atoms with Gasteiger partial charge in [0.05, 0.1) is 0 Å². The summed E-state index contributed by atoms with van der Waals surface area (Å²) in [6.45, 7) is 18.0. The van der Waals surface area contributed by atoms with Gasteiger partial charge in [0.1, 0.15) is 11.5 Å². The molecule has 0 unspecified atom stereocenters. The van der Waals surface area contributed by atoms with E-state index in [-0.39, 0.29) is 10.8 Å². The van der Waals surface area contributed by atoms with Crippen LogP contribution in [0.2, 0.25) is 0 Å². The average Bonchev–Trinajstić information content (AvgIpc) is 3.44. The van der Waals surface area contributed by atoms with Crippen LogP contribution in [-0.4, -0.2) is 11.9 Å². The lowest BCUT2D eigenvalue weighted by Crippen LogP contribution is -2.18. The third kappa shape index (κ3) is 4.94. The van der Waals surface area contributed by atoms with Crippen molar-refractivity contribution in [3.8, 4) is 33.8 Å². The average molecular weight is 632 g/mol. The van der Waals surface area contributed by atoms with E-state index in [9.17, 15) is 9.59 Å². The van der Waals surface area contributed by atoms with Gasteiger partial charge in [-0.05, 0) is 112 Å². The van der Waals surface area contributed by atoms with E-state index in [0.29, 0.717) is 11.5 Å². The van der Waals surface area contributed by atoms with Gasteiger partial charge in [0, 0.05) is 40.0 Å². The van der Waals surface area contributed by atoms with E-state index in [1.807, 2.05) is 36.4 Å². The lowest BCUT2D eigenvalue weighted by atomic mass is 9.82. The van der Waals surface area contributed by atoms with Crippen LogP contribution in [0.15, 0.2) is 122 Å². The minimum atomic E-state index is -0.475. The summed E-state index contributed by atoms with van der Waals surface area (Å²) in [5, 5.41) is 0. The quantitative estimate of drug-likeness (QED) is 0.102. The van der Waals surface area contributed by atoms with Gasteiger partial charge in [-0.25, -0.2) is 9.59 Å². The summed E-state index contributed by atoms with van der Waals surface area (Å²) in [5.41, 5.74) is 12.9. The lowest BCUT2D eigenvalue weighted by molar-refractivity contribution is -0.129. The van der Waals surface area contributed by atoms with Crippen molar-refractivity contribution >= 4 is 29.0 Å². The molecular formula is C43H37NO4. The summed E-state index contributed by atoms with van der Waals surface area (Å²) in [5.74, 6) is 0.0653. The molecule has 0 fully saturated rings. The van der Waals surface area contributed by atoms with Crippen LogP contribution in [0.1, 0.15) is 55.5 Å². The number of benzene rings is 5. The monoisotopic (exact) mass is 631 g/mol. The molecule has 0 spiro atoms. The number of esters is 2. The predicted octanol–water partition coefficient (Wildman–Crippen LogP) is 10.3. The number of nitrogens with zero attached hydrogens (tertiary/aromatic N) is 1. The fraction of sp³-hybridized carbons (Fsp3) is 0.163. The fourth-order valence-corrected chi connectivity index (χ4v) is 7.27. The Bertz CT molecular complexity index is 2040. The van der Waals surface area contributed by atoms with Crippen LogP contribution < -0.4 is 14.4 Å². The zero-order valence-electron chi connectivity index (χ0n) is 27.9. The first kappa shape index (κ1) is 30.9. The van der Waals surface area contributed by atoms with E-state index in [1.54, 1.807) is 0 Å². The molecule has 0 aromatic heterocycles. The maximum absolute atomic E-state index is 11.9. The van der Waals surface area contributed by atoms with E-state index >= 15 is 0 Å². The van der Waals surface area contributed by atoms with Gasteiger partial charge < -0.3 is 14.4 Å². The number of fused-ring (bicyclic) bond motifs is 6. The zero-order chi connectivity index (χ0) is 34.0. The van der Waals surface area contributed by atoms with Crippen LogP contribution >= 0.6 is 0 Å². The van der Waals surface area contributed by atoms with Gasteiger partial charge in [0.15, 0.2) is 0 Å². The molecule has 5 nitrogen and oxygen atoms in total. The summed E-state index contributed by atoms with van der Waals surface area (Å²) < 4.78 is 11.0. The van der Waals surface area contributed by atoms with Crippen LogP contribution in [0.3, 0.4) is 0 Å². The number of carbonyl (C=O) groups excluding carboxylic acids is 2. The number of ether oxygens (including phenoxy) is 2. The molecule has 0 heterocycles. The maximum atomic E-state index is 11.9. The lowest BCUT2D eigenvalue weighted by Gasteiger charge is -2.30. The van der Waals surface area contributed by atoms with Crippen molar-refractivity contribution in [1.29, 1.82) is 0 Å². The second kappa shape index (κ2) is 11.2. The van der Waals surface area contributed by atoms with E-state index in [0.717, 1.165) is 39.3 Å². The summed E-state index contributed by atoms with van der Waals surface area (Å²) in [6.07, 6.45) is 2.35. The topological polar surface area (TPSA) is 55.8 Å². The minimum Gasteiger partial charge on any atom is -0.423 e. The Morgan fingerprint density at radius 1 is 0.542 bits per heavy atom. The summed E-state index contributed by atoms with van der Waals surface area (Å²) in [4.78, 5) is 26.2. The molecular weight excluding hydrogens is 594 g/mol. The molecule has 0 aliphatic heterocycles. The van der Waals surface area contributed by atoms with Crippen molar-refractivity contribution < 1.29 is 19.1 Å². The normalized spacial score (nSPS) is 14.2. The number of rotatable bonds is 7. The first-order chi connectivity index (χ1) is 22.9. The largest absolute Gasteiger partial charge is 0.423 e. The second-order valence-corrected chi connectivity index (χ2v) is 13.5. The molecule has 2 aliphatic carbocycles. The van der Waals surface area contributed by atoms with E-state index in [2.05, 4.69) is 113 Å². The summed E-state index contributed by atoms with van der Waals surface area (Å²) in [7, 11) is 0. The molecule has 238 valence electrons. The van der Waals surface area contributed by atoms with Crippen LogP contribution in [0.5, 0.6) is 11.5 Å². The van der Waals surface area contributed by atoms with Crippen molar-refractivity contribution in [2.75, 3.05) is 4.90 Å². The summed E-state index contributed by atoms with van der Waals surface area (Å²) in [6, 6.07) is 33.7. The van der Waals surface area contributed by atoms with Crippen LogP contribution in [0, 0.1) is 6.92 Å². The molecule has 0 saturated heterocycles. The Morgan fingerprint density at radius 3 is 1.29 bits per heavy atom. The Labute approximate surface area is 281 Å². The Hall–Kier alpha value is -5.68. The molecule has 0 radical (unpaired) electrons. The van der Waals surface area contributed by atoms with E-state index in [4.69, 9.17) is 9.47 Å². The highest BCUT2D eigenvalue weighted by Gasteiger charge is 2.38. The van der Waals surface area contributed by atoms with Crippen molar-refractivity contribution in [2.24, 2.45) is 0 Å². The Kier molecular flexibility index (Phi) is 7.24. The zero-order valence-corrected chi connectivity index (χ0v) is 27.9. The van der Waals surface area contributed by atoms with Gasteiger partial charge in [-0.15, -0.1) is 0 Å². The van der Waals surface area contributed by atoms with Crippen molar-refractivity contribution in [3.05, 3.63) is 150 Å². The SMILES string of the molecule is C=CC(=O)Oc1ccc2c(c1)C(C)(C)c1cc(N(c3ccc(C)cc3)c3ccc4c(c3)C(C)(C)c3cc(OC(=O)C=C)ccc3-4)ccc1-2. The number of anilines is 3. The van der Waals surface area contributed by atoms with Crippen LogP contribution in [0.25, 0.3) is 22.3 Å². The van der Waals surface area contributed by atoms with Gasteiger partial charge in [-0.2, -0.15) is 0 Å². The van der Waals surface area contributed by atoms with Crippen LogP contribution in [0.4, 0.5) is 17.1 Å². The van der Waals surface area contributed by atoms with Crippen molar-refractivity contribution in [3.63, 3.8) is 0 Å². The first-order valence-corrected chi connectivity index (χ1v) is 16.1. The Balaban J connectivity index is 1.33. The standard InChI is InChI=1S/C43H37NO4/c1-8-40(45)47-30-16-20-34-32-18-14-28(22-36(32)42(4,5)38(34)24-30)44(27-12-10-26(3)11-13-27)29-15-19-33-35-21-17-31(48-41(46)9-2)25-39(35)43(6,7)37(33)23-29/h8-25H,1-2H2,3-7H3. The molecule has 5 aromatic rings. The third-order valence-electron chi connectivity index (χ3n) is 9.84. The molecule has 0 atom stereocenters. The number of hydrogen-bond acceptors (Lipinski definition) is 5. The molecule has 0 bridgehead atoms. The molecule has 5 heteroatoms. The first-order valence-electron chi connectivity index (χ1n) is 16.1. The molecule has 2 aliphatic rings. The van der Waals surface area contributed by atoms with Crippen molar-refractivity contribution in [2.45, 2.75) is 45.4 Å². The smallest absolute Gasteiger partial charge is 0.335 e. The van der Waals surface area contributed by atoms with E-state index < -0.39 is 11.9 Å². The number of carbonyl (C=O) groups is 2. The van der Waals surface area contributed by atoms with Crippen molar-refractivity contribution in [1.82, 2.24) is 0 Å². The summed E-state index contributed by atoms with van der Waals surface area (Å²) >= 11 is 0. The van der Waals surface area contributed by atoms with Gasteiger partial charge >= 0.3 is 11.9 Å². The highest BCUT2D eigenvalue weighted by molar-refractivity contribution is 5.90. The van der Waals surface area contributed by atoms with Gasteiger partial charge in [0.25, 0.3) is 0 Å². The maximum Gasteiger partial charge on any atom is 0.335 e. The molecule has 0 saturated carbocycles. The molecule has 0 N–H and O–H groups in total. The predicted molar refractivity (Wildman–Crippen MR) is 193 cm³/mol. The highest BCUT2D eigenvalue weighted by Crippen LogP contribution is 2.54. The van der Waals surface area contributed by atoms with Gasteiger partial charge in [0.2, 0.25) is 0 Å². The Morgan fingerprint density at radius 2 is 0.896 bits per heavy atom. The third-order valence-corrected chi connectivity index (χ3v) is 9.84. The molecule has 7 rings (SSSR count). The highest BCUT2D eigenvalue weighted by atomic mass is 16.5. The number of hydrogen-bond donors (Lipinski definition) is 0. The van der Waals surface area contributed by atoms with E-state index in [1.165, 1.54) is 40.0 Å². The molecule has 0 amide bonds. The second-order valence-electron chi connectivity index (χ2n) is 13.5. The van der Waals surface area contributed by atoms with Gasteiger partial charge in [-0.1, -0.05) is 82.8 Å². The molecule has 48 heavy (non-hydrogen) atoms. The fourth-order valence-electron chi connectivity index (χ4n) is 7.27. The molecule has 5 aromatic carbocycles. The van der Waals surface area contributed by atoms with Gasteiger partial charge in [-0.3, -0.25) is 0 Å². The number of aryl methyl sites for hydroxylation is 1. The minimum absolute atomic E-state index is 0.329. The van der Waals surface area contributed by atoms with Crippen LogP contribution in [-0.2, 0) is 20.4 Å².